The molecule has 0 atom stereocenters. The molecule has 6 heteroatoms. The monoisotopic (exact) mass is 296 g/mol. The quantitative estimate of drug-likeness (QED) is 0.805. The number of ether oxygens (including phenoxy) is 2. The molecule has 0 saturated heterocycles. The Balaban J connectivity index is 2.47. The number of nitrogens with zero attached hydrogens (tertiary/aromatic N) is 1. The summed E-state index contributed by atoms with van der Waals surface area (Å²) in [7, 11) is 0. The molecule has 5 nitrogen and oxygen atoms in total. The van der Waals surface area contributed by atoms with E-state index in [9.17, 15) is 4.79 Å². The third-order valence-corrected chi connectivity index (χ3v) is 3.15. The van der Waals surface area contributed by atoms with E-state index in [1.54, 1.807) is 13.0 Å². The Kier molecular flexibility index (Phi) is 2.32. The van der Waals surface area contributed by atoms with Crippen molar-refractivity contribution in [2.75, 3.05) is 13.2 Å². The topological polar surface area (TPSA) is 64.2 Å². The van der Waals surface area contributed by atoms with Gasteiger partial charge in [0.25, 0.3) is 5.56 Å². The van der Waals surface area contributed by atoms with Crippen LogP contribution in [0.5, 0.6) is 11.5 Å². The number of aromatic nitrogens is 2. The highest BCUT2D eigenvalue weighted by Crippen LogP contribution is 2.41. The zero-order valence-electron chi connectivity index (χ0n) is 9.04. The van der Waals surface area contributed by atoms with Crippen molar-refractivity contribution in [3.05, 3.63) is 26.7 Å². The average Bonchev–Trinajstić information content (AvgIpc) is 2.31. The van der Waals surface area contributed by atoms with Crippen molar-refractivity contribution >= 4 is 26.8 Å². The number of H-pyrrole nitrogens is 1. The number of benzene rings is 1. The lowest BCUT2D eigenvalue weighted by Gasteiger charge is -2.20. The van der Waals surface area contributed by atoms with Crippen molar-refractivity contribution < 1.29 is 9.47 Å². The van der Waals surface area contributed by atoms with Gasteiger partial charge < -0.3 is 14.5 Å². The maximum atomic E-state index is 11.8. The molecule has 1 aromatic heterocycles. The lowest BCUT2D eigenvalue weighted by Crippen LogP contribution is -2.18. The van der Waals surface area contributed by atoms with Crippen LogP contribution in [0.25, 0.3) is 10.9 Å². The maximum absolute atomic E-state index is 11.8. The second-order valence-corrected chi connectivity index (χ2v) is 4.62. The summed E-state index contributed by atoms with van der Waals surface area (Å²) in [6, 6.07) is 1.70. The highest BCUT2D eigenvalue weighted by atomic mass is 79.9. The molecule has 88 valence electrons. The molecular weight excluding hydrogens is 288 g/mol. The Morgan fingerprint density at radius 1 is 1.35 bits per heavy atom. The van der Waals surface area contributed by atoms with Gasteiger partial charge in [0, 0.05) is 0 Å². The van der Waals surface area contributed by atoms with Crippen LogP contribution in [0, 0.1) is 6.92 Å². The smallest absolute Gasteiger partial charge is 0.258 e. The zero-order valence-corrected chi connectivity index (χ0v) is 10.6. The Labute approximate surface area is 105 Å². The predicted molar refractivity (Wildman–Crippen MR) is 65.8 cm³/mol. The van der Waals surface area contributed by atoms with Crippen LogP contribution < -0.4 is 15.0 Å². The van der Waals surface area contributed by atoms with Gasteiger partial charge in [0.05, 0.1) is 9.86 Å². The van der Waals surface area contributed by atoms with Crippen molar-refractivity contribution in [1.82, 2.24) is 9.97 Å². The van der Waals surface area contributed by atoms with Gasteiger partial charge in [-0.25, -0.2) is 4.98 Å². The van der Waals surface area contributed by atoms with Crippen LogP contribution in [0.15, 0.2) is 15.3 Å². The van der Waals surface area contributed by atoms with Crippen molar-refractivity contribution in [2.45, 2.75) is 6.92 Å². The first-order valence-corrected chi connectivity index (χ1v) is 5.95. The number of rotatable bonds is 0. The largest absolute Gasteiger partial charge is 0.485 e. The van der Waals surface area contributed by atoms with E-state index in [1.165, 1.54) is 0 Å². The van der Waals surface area contributed by atoms with Crippen LogP contribution in [-0.4, -0.2) is 23.2 Å². The number of aromatic amines is 1. The SMILES string of the molecule is Cc1nc2c3c(c(Br)cc2c(=O)[nH]1)OCCO3. The Bertz CT molecular complexity index is 666. The van der Waals surface area contributed by atoms with Gasteiger partial charge in [-0.15, -0.1) is 0 Å². The molecule has 0 saturated carbocycles. The van der Waals surface area contributed by atoms with E-state index in [0.29, 0.717) is 45.9 Å². The van der Waals surface area contributed by atoms with E-state index in [2.05, 4.69) is 25.9 Å². The van der Waals surface area contributed by atoms with Crippen LogP contribution in [0.4, 0.5) is 0 Å². The lowest BCUT2D eigenvalue weighted by molar-refractivity contribution is 0.172. The minimum absolute atomic E-state index is 0.176. The van der Waals surface area contributed by atoms with Gasteiger partial charge in [-0.2, -0.15) is 0 Å². The first kappa shape index (κ1) is 10.6. The fourth-order valence-electron chi connectivity index (χ4n) is 1.87. The third kappa shape index (κ3) is 1.59. The van der Waals surface area contributed by atoms with Gasteiger partial charge in [-0.3, -0.25) is 4.79 Å². The van der Waals surface area contributed by atoms with Gasteiger partial charge in [0.15, 0.2) is 11.5 Å². The normalized spacial score (nSPS) is 14.0. The molecular formula is C11H9BrN2O3. The second kappa shape index (κ2) is 3.73. The molecule has 17 heavy (non-hydrogen) atoms. The van der Waals surface area contributed by atoms with Crippen molar-refractivity contribution in [3.63, 3.8) is 0 Å². The lowest BCUT2D eigenvalue weighted by atomic mass is 10.2. The molecule has 2 aromatic rings. The Morgan fingerprint density at radius 3 is 2.82 bits per heavy atom. The van der Waals surface area contributed by atoms with Gasteiger partial charge in [-0.05, 0) is 28.9 Å². The van der Waals surface area contributed by atoms with Crippen molar-refractivity contribution in [1.29, 1.82) is 0 Å². The van der Waals surface area contributed by atoms with Crippen LogP contribution in [0.2, 0.25) is 0 Å². The molecule has 0 bridgehead atoms. The number of fused-ring (bicyclic) bond motifs is 3. The first-order valence-electron chi connectivity index (χ1n) is 5.15. The van der Waals surface area contributed by atoms with E-state index < -0.39 is 0 Å². The molecule has 0 radical (unpaired) electrons. The maximum Gasteiger partial charge on any atom is 0.258 e. The number of nitrogens with one attached hydrogen (secondary N) is 1. The molecule has 0 spiro atoms. The van der Waals surface area contributed by atoms with Gasteiger partial charge >= 0.3 is 0 Å². The number of aryl methyl sites for hydroxylation is 1. The van der Waals surface area contributed by atoms with Gasteiger partial charge in [-0.1, -0.05) is 0 Å². The van der Waals surface area contributed by atoms with Crippen molar-refractivity contribution in [2.24, 2.45) is 0 Å². The Hall–Kier alpha value is -1.56. The van der Waals surface area contributed by atoms with E-state index in [-0.39, 0.29) is 5.56 Å². The molecule has 2 heterocycles. The van der Waals surface area contributed by atoms with Crippen LogP contribution in [0.1, 0.15) is 5.82 Å². The van der Waals surface area contributed by atoms with Crippen LogP contribution >= 0.6 is 15.9 Å². The minimum Gasteiger partial charge on any atom is -0.485 e. The third-order valence-electron chi connectivity index (χ3n) is 2.56. The summed E-state index contributed by atoms with van der Waals surface area (Å²) in [5.74, 6) is 1.71. The van der Waals surface area contributed by atoms with E-state index in [1.807, 2.05) is 0 Å². The molecule has 1 aliphatic rings. The number of hydrogen-bond donors (Lipinski definition) is 1. The molecule has 1 aromatic carbocycles. The molecule has 0 fully saturated rings. The average molecular weight is 297 g/mol. The Morgan fingerprint density at radius 2 is 2.06 bits per heavy atom. The highest BCUT2D eigenvalue weighted by Gasteiger charge is 2.21. The molecule has 1 N–H and O–H groups in total. The summed E-state index contributed by atoms with van der Waals surface area (Å²) in [4.78, 5) is 18.8. The molecule has 3 rings (SSSR count). The molecule has 0 amide bonds. The zero-order chi connectivity index (χ0) is 12.0. The number of halogens is 1. The standard InChI is InChI=1S/C11H9BrN2O3/c1-5-13-8-6(11(15)14-5)4-7(12)9-10(8)17-3-2-16-9/h4H,2-3H2,1H3,(H,13,14,15). The molecule has 0 aliphatic carbocycles. The second-order valence-electron chi connectivity index (χ2n) is 3.76. The molecule has 0 unspecified atom stereocenters. The van der Waals surface area contributed by atoms with Crippen LogP contribution in [-0.2, 0) is 0 Å². The fourth-order valence-corrected chi connectivity index (χ4v) is 2.39. The van der Waals surface area contributed by atoms with Gasteiger partial charge in [0.2, 0.25) is 0 Å². The summed E-state index contributed by atoms with van der Waals surface area (Å²) in [6.45, 7) is 2.70. The fraction of sp³-hybridized carbons (Fsp3) is 0.273. The van der Waals surface area contributed by atoms with E-state index in [4.69, 9.17) is 9.47 Å². The van der Waals surface area contributed by atoms with Gasteiger partial charge in [0.1, 0.15) is 24.6 Å². The summed E-state index contributed by atoms with van der Waals surface area (Å²) in [5.41, 5.74) is 0.370. The highest BCUT2D eigenvalue weighted by molar-refractivity contribution is 9.10. The first-order chi connectivity index (χ1) is 8.16. The number of hydrogen-bond acceptors (Lipinski definition) is 4. The summed E-state index contributed by atoms with van der Waals surface area (Å²) in [5, 5.41) is 0.492. The summed E-state index contributed by atoms with van der Waals surface area (Å²) in [6.07, 6.45) is 0. The molecule has 1 aliphatic heterocycles. The van der Waals surface area contributed by atoms with Crippen LogP contribution in [0.3, 0.4) is 0 Å². The van der Waals surface area contributed by atoms with E-state index >= 15 is 0 Å². The minimum atomic E-state index is -0.176. The summed E-state index contributed by atoms with van der Waals surface area (Å²) < 4.78 is 11.8. The van der Waals surface area contributed by atoms with Crippen molar-refractivity contribution in [3.8, 4) is 11.5 Å². The predicted octanol–water partition coefficient (Wildman–Crippen LogP) is 1.77. The summed E-state index contributed by atoms with van der Waals surface area (Å²) >= 11 is 3.37. The van der Waals surface area contributed by atoms with E-state index in [0.717, 1.165) is 0 Å².